The molecule has 0 spiro atoms. The number of amides is 1. The molecule has 182 valence electrons. The predicted octanol–water partition coefficient (Wildman–Crippen LogP) is 6.26. The van der Waals surface area contributed by atoms with Crippen molar-refractivity contribution in [1.82, 2.24) is 4.98 Å². The number of ether oxygens (including phenoxy) is 1. The first-order chi connectivity index (χ1) is 17.6. The van der Waals surface area contributed by atoms with Crippen LogP contribution in [-0.2, 0) is 4.79 Å². The minimum absolute atomic E-state index is 0.0437. The second-order valence-electron chi connectivity index (χ2n) is 10.1. The van der Waals surface area contributed by atoms with E-state index in [1.807, 2.05) is 66.4 Å². The summed E-state index contributed by atoms with van der Waals surface area (Å²) in [5.41, 5.74) is 2.00. The van der Waals surface area contributed by atoms with Crippen molar-refractivity contribution in [2.24, 2.45) is 17.8 Å². The van der Waals surface area contributed by atoms with E-state index in [1.54, 1.807) is 0 Å². The zero-order valence-corrected chi connectivity index (χ0v) is 21.2. The average molecular weight is 515 g/mol. The number of nitrogens with one attached hydrogen (secondary N) is 2. The highest BCUT2D eigenvalue weighted by Crippen LogP contribution is 2.63. The van der Waals surface area contributed by atoms with Gasteiger partial charge < -0.3 is 15.0 Å². The van der Waals surface area contributed by atoms with E-state index in [-0.39, 0.29) is 23.3 Å². The molecule has 36 heavy (non-hydrogen) atoms. The van der Waals surface area contributed by atoms with E-state index in [9.17, 15) is 9.59 Å². The zero-order valence-electron chi connectivity index (χ0n) is 19.6. The molecule has 5 nitrogen and oxygen atoms in total. The van der Waals surface area contributed by atoms with Gasteiger partial charge in [0.1, 0.15) is 5.75 Å². The van der Waals surface area contributed by atoms with Crippen LogP contribution in [0.5, 0.6) is 5.75 Å². The minimum Gasteiger partial charge on any atom is -0.484 e. The number of benzene rings is 3. The summed E-state index contributed by atoms with van der Waals surface area (Å²) in [6.07, 6.45) is 3.96. The van der Waals surface area contributed by atoms with Gasteiger partial charge in [0.15, 0.2) is 6.61 Å². The van der Waals surface area contributed by atoms with Crippen LogP contribution in [0.1, 0.15) is 35.6 Å². The summed E-state index contributed by atoms with van der Waals surface area (Å²) in [5.74, 6) is 2.85. The molecule has 5 atom stereocenters. The van der Waals surface area contributed by atoms with Gasteiger partial charge in [0.25, 0.3) is 5.91 Å². The van der Waals surface area contributed by atoms with Crippen molar-refractivity contribution in [3.05, 3.63) is 86.8 Å². The molecule has 1 aromatic heterocycles. The van der Waals surface area contributed by atoms with Crippen LogP contribution >= 0.6 is 23.1 Å². The number of thioether (sulfide) groups is 1. The predicted molar refractivity (Wildman–Crippen MR) is 145 cm³/mol. The minimum atomic E-state index is -0.190. The van der Waals surface area contributed by atoms with E-state index in [0.717, 1.165) is 33.3 Å². The van der Waals surface area contributed by atoms with Gasteiger partial charge in [-0.2, -0.15) is 0 Å². The van der Waals surface area contributed by atoms with Gasteiger partial charge in [0.2, 0.25) is 0 Å². The molecule has 2 heterocycles. The largest absolute Gasteiger partial charge is 0.484 e. The quantitative estimate of drug-likeness (QED) is 0.330. The molecule has 2 aliphatic carbocycles. The Morgan fingerprint density at radius 2 is 1.81 bits per heavy atom. The lowest BCUT2D eigenvalue weighted by Gasteiger charge is -2.40. The van der Waals surface area contributed by atoms with Crippen LogP contribution < -0.4 is 14.9 Å². The molecular weight excluding hydrogens is 488 g/mol. The summed E-state index contributed by atoms with van der Waals surface area (Å²) in [4.78, 5) is 29.1. The third-order valence-electron chi connectivity index (χ3n) is 8.11. The summed E-state index contributed by atoms with van der Waals surface area (Å²) < 4.78 is 5.81. The second kappa shape index (κ2) is 8.82. The number of aromatic amines is 1. The molecule has 0 saturated heterocycles. The molecule has 3 aliphatic rings. The van der Waals surface area contributed by atoms with Gasteiger partial charge in [0.05, 0.1) is 5.03 Å². The highest BCUT2D eigenvalue weighted by Gasteiger charge is 2.54. The Bertz CT molecular complexity index is 1510. The molecule has 4 aromatic rings. The van der Waals surface area contributed by atoms with E-state index in [0.29, 0.717) is 16.9 Å². The zero-order chi connectivity index (χ0) is 24.2. The SMILES string of the molecule is O=C(COc1ccc([C@H]2c3sc(=O)[nH]c3SC3C4CCC(C4)C32)cc1)Nc1ccc2ccccc2c1. The fourth-order valence-corrected chi connectivity index (χ4v) is 9.50. The lowest BCUT2D eigenvalue weighted by molar-refractivity contribution is -0.118. The Hall–Kier alpha value is -3.03. The number of rotatable bonds is 5. The van der Waals surface area contributed by atoms with Crippen LogP contribution in [-0.4, -0.2) is 22.7 Å². The van der Waals surface area contributed by atoms with E-state index in [1.165, 1.54) is 41.0 Å². The van der Waals surface area contributed by atoms with Gasteiger partial charge in [0, 0.05) is 21.7 Å². The van der Waals surface area contributed by atoms with Crippen LogP contribution in [0.2, 0.25) is 0 Å². The first kappa shape index (κ1) is 22.2. The number of fused-ring (bicyclic) bond motifs is 7. The van der Waals surface area contributed by atoms with E-state index in [4.69, 9.17) is 4.74 Å². The monoisotopic (exact) mass is 514 g/mol. The molecule has 2 fully saturated rings. The number of carbonyl (C=O) groups is 1. The van der Waals surface area contributed by atoms with Gasteiger partial charge in [-0.3, -0.25) is 9.59 Å². The molecule has 3 aromatic carbocycles. The van der Waals surface area contributed by atoms with Crippen molar-refractivity contribution in [2.45, 2.75) is 35.5 Å². The fourth-order valence-electron chi connectivity index (χ4n) is 6.61. The van der Waals surface area contributed by atoms with Gasteiger partial charge >= 0.3 is 4.87 Å². The average Bonchev–Trinajstić information content (AvgIpc) is 3.61. The van der Waals surface area contributed by atoms with Crippen LogP contribution in [0, 0.1) is 17.8 Å². The molecule has 7 heteroatoms. The normalized spacial score (nSPS) is 25.9. The molecule has 7 rings (SSSR count). The number of hydrogen-bond acceptors (Lipinski definition) is 5. The van der Waals surface area contributed by atoms with E-state index < -0.39 is 0 Å². The Kier molecular flexibility index (Phi) is 5.44. The lowest BCUT2D eigenvalue weighted by atomic mass is 9.75. The van der Waals surface area contributed by atoms with Crippen LogP contribution in [0.15, 0.2) is 76.6 Å². The summed E-state index contributed by atoms with van der Waals surface area (Å²) >= 11 is 3.28. The van der Waals surface area contributed by atoms with Crippen LogP contribution in [0.3, 0.4) is 0 Å². The number of carbonyl (C=O) groups excluding carboxylic acids is 1. The van der Waals surface area contributed by atoms with E-state index >= 15 is 0 Å². The molecule has 2 N–H and O–H groups in total. The van der Waals surface area contributed by atoms with Crippen molar-refractivity contribution in [1.29, 1.82) is 0 Å². The topological polar surface area (TPSA) is 71.2 Å². The molecule has 1 aliphatic heterocycles. The van der Waals surface area contributed by atoms with Crippen LogP contribution in [0.25, 0.3) is 10.8 Å². The Balaban J connectivity index is 1.06. The maximum Gasteiger partial charge on any atom is 0.305 e. The van der Waals surface area contributed by atoms with Crippen molar-refractivity contribution >= 4 is 45.5 Å². The highest BCUT2D eigenvalue weighted by molar-refractivity contribution is 8.00. The first-order valence-electron chi connectivity index (χ1n) is 12.5. The number of aromatic nitrogens is 1. The number of H-pyrrole nitrogens is 1. The summed E-state index contributed by atoms with van der Waals surface area (Å²) in [7, 11) is 0. The molecular formula is C29H26N2O3S2. The van der Waals surface area contributed by atoms with E-state index in [2.05, 4.69) is 22.4 Å². The molecule has 4 unspecified atom stereocenters. The molecule has 2 bridgehead atoms. The van der Waals surface area contributed by atoms with Gasteiger partial charge in [-0.25, -0.2) is 0 Å². The number of thiazole rings is 1. The first-order valence-corrected chi connectivity index (χ1v) is 14.2. The highest BCUT2D eigenvalue weighted by atomic mass is 32.2. The fraction of sp³-hybridized carbons (Fsp3) is 0.310. The molecule has 1 amide bonds. The Labute approximate surface area is 217 Å². The third-order valence-corrected chi connectivity index (χ3v) is 10.7. The molecule has 2 saturated carbocycles. The van der Waals surface area contributed by atoms with Gasteiger partial charge in [-0.05, 0) is 77.6 Å². The third kappa shape index (κ3) is 3.85. The van der Waals surface area contributed by atoms with Crippen molar-refractivity contribution < 1.29 is 9.53 Å². The van der Waals surface area contributed by atoms with Gasteiger partial charge in [-0.1, -0.05) is 53.8 Å². The Morgan fingerprint density at radius 3 is 2.67 bits per heavy atom. The smallest absolute Gasteiger partial charge is 0.305 e. The maximum atomic E-state index is 12.5. The van der Waals surface area contributed by atoms with Crippen molar-refractivity contribution in [3.63, 3.8) is 0 Å². The Morgan fingerprint density at radius 1 is 1.00 bits per heavy atom. The van der Waals surface area contributed by atoms with Gasteiger partial charge in [-0.15, -0.1) is 11.8 Å². The summed E-state index contributed by atoms with van der Waals surface area (Å²) in [6, 6.07) is 22.1. The number of hydrogen-bond donors (Lipinski definition) is 2. The lowest BCUT2D eigenvalue weighted by Crippen LogP contribution is -2.33. The van der Waals surface area contributed by atoms with Crippen molar-refractivity contribution in [3.8, 4) is 5.75 Å². The molecule has 0 radical (unpaired) electrons. The second-order valence-corrected chi connectivity index (χ2v) is 12.3. The van der Waals surface area contributed by atoms with Crippen molar-refractivity contribution in [2.75, 3.05) is 11.9 Å². The number of anilines is 1. The van der Waals surface area contributed by atoms with Crippen LogP contribution in [0.4, 0.5) is 5.69 Å². The summed E-state index contributed by atoms with van der Waals surface area (Å²) in [5, 5.41) is 6.82. The maximum absolute atomic E-state index is 12.5. The summed E-state index contributed by atoms with van der Waals surface area (Å²) in [6.45, 7) is -0.0513. The standard InChI is InChI=1S/C29H26N2O3S2/c32-23(30-21-10-7-16-3-1-2-4-18(16)14-21)15-34-22-11-8-17(9-12-22)24-25-19-5-6-20(13-19)26(25)35-28-27(24)36-29(33)31-28/h1-4,7-12,14,19-20,24-26H,5-6,13,15H2,(H,30,32)(H,31,33)/t19?,20?,24-,25?,26?/m1/s1.